The van der Waals surface area contributed by atoms with E-state index in [1.807, 2.05) is 36.4 Å². The molecule has 2 aromatic rings. The number of ether oxygens (including phenoxy) is 2. The molecule has 0 radical (unpaired) electrons. The molecule has 0 saturated heterocycles. The molecule has 0 aromatic heterocycles. The summed E-state index contributed by atoms with van der Waals surface area (Å²) in [4.78, 5) is 35.8. The van der Waals surface area contributed by atoms with Crippen LogP contribution in [-0.4, -0.2) is 55.5 Å². The third-order valence-electron chi connectivity index (χ3n) is 5.74. The Morgan fingerprint density at radius 2 is 1.67 bits per heavy atom. The predicted molar refractivity (Wildman–Crippen MR) is 123 cm³/mol. The lowest BCUT2D eigenvalue weighted by molar-refractivity contribution is -0.149. The number of aliphatic carboxylic acids is 1. The molecule has 3 N–H and O–H groups in total. The zero-order valence-electron chi connectivity index (χ0n) is 18.7. The molecule has 0 fully saturated rings. The Kier molecular flexibility index (Phi) is 7.84. The highest BCUT2D eigenvalue weighted by Gasteiger charge is 2.38. The van der Waals surface area contributed by atoms with Gasteiger partial charge in [0.25, 0.3) is 0 Å². The van der Waals surface area contributed by atoms with Crippen molar-refractivity contribution in [1.29, 1.82) is 0 Å². The summed E-state index contributed by atoms with van der Waals surface area (Å²) in [5.74, 6) is -1.81. The summed E-state index contributed by atoms with van der Waals surface area (Å²) in [6, 6.07) is 16.1. The largest absolute Gasteiger partial charge is 0.479 e. The molecule has 1 aliphatic carbocycles. The van der Waals surface area contributed by atoms with Gasteiger partial charge in [-0.3, -0.25) is 4.79 Å². The van der Waals surface area contributed by atoms with Crippen molar-refractivity contribution in [1.82, 2.24) is 10.6 Å². The van der Waals surface area contributed by atoms with Gasteiger partial charge >= 0.3 is 12.1 Å². The van der Waals surface area contributed by atoms with Crippen molar-refractivity contribution in [2.24, 2.45) is 0 Å². The molecule has 0 heterocycles. The molecule has 8 nitrogen and oxygen atoms in total. The molecular weight excluding hydrogens is 424 g/mol. The Morgan fingerprint density at radius 1 is 1.06 bits per heavy atom. The molecule has 0 saturated carbocycles. The van der Waals surface area contributed by atoms with E-state index in [4.69, 9.17) is 9.47 Å². The van der Waals surface area contributed by atoms with E-state index in [-0.39, 0.29) is 32.1 Å². The Balaban J connectivity index is 1.50. The summed E-state index contributed by atoms with van der Waals surface area (Å²) in [6.45, 7) is 1.74. The van der Waals surface area contributed by atoms with Crippen molar-refractivity contribution in [2.75, 3.05) is 26.9 Å². The Hall–Kier alpha value is -3.65. The van der Waals surface area contributed by atoms with Crippen LogP contribution in [0.1, 0.15) is 30.4 Å². The van der Waals surface area contributed by atoms with Crippen LogP contribution in [0.5, 0.6) is 0 Å². The van der Waals surface area contributed by atoms with Crippen LogP contribution in [0.25, 0.3) is 11.1 Å². The number of carbonyl (C=O) groups is 3. The summed E-state index contributed by atoms with van der Waals surface area (Å²) in [7, 11) is 1.37. The van der Waals surface area contributed by atoms with Gasteiger partial charge in [-0.2, -0.15) is 0 Å². The molecule has 1 aliphatic rings. The van der Waals surface area contributed by atoms with Crippen LogP contribution in [0, 0.1) is 0 Å². The van der Waals surface area contributed by atoms with E-state index in [1.165, 1.54) is 19.3 Å². The number of fused-ring (bicyclic) bond motifs is 3. The van der Waals surface area contributed by atoms with E-state index >= 15 is 0 Å². The van der Waals surface area contributed by atoms with Crippen molar-refractivity contribution < 1.29 is 29.0 Å². The number of amides is 2. The standard InChI is InChI=1S/C25H28N2O6/c1-3-25(16-32-2,23(29)30)27-22(28)13-8-14-26-24(31)33-15-21-19-11-6-4-9-17(19)18-10-5-7-12-20(18)21/h4-13,21H,3,14-16H2,1-2H3,(H,26,31)(H,27,28)(H,29,30)/b13-8+. The molecule has 33 heavy (non-hydrogen) atoms. The lowest BCUT2D eigenvalue weighted by Gasteiger charge is -2.27. The zero-order valence-corrected chi connectivity index (χ0v) is 18.7. The fraction of sp³-hybridized carbons (Fsp3) is 0.320. The number of nitrogens with one attached hydrogen (secondary N) is 2. The zero-order chi connectivity index (χ0) is 23.8. The first kappa shape index (κ1) is 24.0. The van der Waals surface area contributed by atoms with E-state index in [9.17, 15) is 19.5 Å². The van der Waals surface area contributed by atoms with E-state index in [2.05, 4.69) is 22.8 Å². The number of benzene rings is 2. The molecule has 0 spiro atoms. The minimum absolute atomic E-state index is 0.0385. The number of alkyl carbamates (subject to hydrolysis) is 1. The van der Waals surface area contributed by atoms with Gasteiger partial charge < -0.3 is 25.2 Å². The second-order valence-electron chi connectivity index (χ2n) is 7.77. The van der Waals surface area contributed by atoms with Gasteiger partial charge in [-0.25, -0.2) is 9.59 Å². The summed E-state index contributed by atoms with van der Waals surface area (Å²) in [5.41, 5.74) is 3.04. The Morgan fingerprint density at radius 3 is 2.21 bits per heavy atom. The SMILES string of the molecule is CCC(COC)(NC(=O)/C=C/CNC(=O)OCC1c2ccccc2-c2ccccc21)C(=O)O. The number of methoxy groups -OCH3 is 1. The molecule has 2 aromatic carbocycles. The quantitative estimate of drug-likeness (QED) is 0.478. The molecule has 1 atom stereocenters. The summed E-state index contributed by atoms with van der Waals surface area (Å²) < 4.78 is 10.4. The number of carbonyl (C=O) groups excluding carboxylic acids is 2. The second kappa shape index (κ2) is 10.8. The van der Waals surface area contributed by atoms with Gasteiger partial charge in [0.1, 0.15) is 6.61 Å². The molecule has 8 heteroatoms. The maximum absolute atomic E-state index is 12.2. The first-order chi connectivity index (χ1) is 15.9. The lowest BCUT2D eigenvalue weighted by Crippen LogP contribution is -2.56. The first-order valence-corrected chi connectivity index (χ1v) is 10.7. The predicted octanol–water partition coefficient (Wildman–Crippen LogP) is 3.08. The number of hydrogen-bond donors (Lipinski definition) is 3. The van der Waals surface area contributed by atoms with Crippen LogP contribution < -0.4 is 10.6 Å². The summed E-state index contributed by atoms with van der Waals surface area (Å²) >= 11 is 0. The molecule has 0 bridgehead atoms. The average Bonchev–Trinajstić information content (AvgIpc) is 3.13. The van der Waals surface area contributed by atoms with E-state index in [1.54, 1.807) is 6.92 Å². The molecule has 0 aliphatic heterocycles. The normalized spacial score (nSPS) is 14.2. The van der Waals surface area contributed by atoms with Crippen LogP contribution in [0.2, 0.25) is 0 Å². The fourth-order valence-corrected chi connectivity index (χ4v) is 3.97. The fourth-order valence-electron chi connectivity index (χ4n) is 3.97. The van der Waals surface area contributed by atoms with E-state index in [0.29, 0.717) is 0 Å². The third kappa shape index (κ3) is 5.40. The summed E-state index contributed by atoms with van der Waals surface area (Å²) in [5, 5.41) is 14.4. The minimum atomic E-state index is -1.50. The topological polar surface area (TPSA) is 114 Å². The smallest absolute Gasteiger partial charge is 0.407 e. The van der Waals surface area contributed by atoms with Gasteiger partial charge in [-0.1, -0.05) is 61.5 Å². The van der Waals surface area contributed by atoms with E-state index in [0.717, 1.165) is 22.3 Å². The van der Waals surface area contributed by atoms with Crippen molar-refractivity contribution in [3.63, 3.8) is 0 Å². The van der Waals surface area contributed by atoms with Gasteiger partial charge in [0.2, 0.25) is 5.91 Å². The number of rotatable bonds is 10. The Bertz CT molecular complexity index is 1010. The highest BCUT2D eigenvalue weighted by molar-refractivity contribution is 5.93. The molecule has 2 amide bonds. The Labute approximate surface area is 192 Å². The van der Waals surface area contributed by atoms with Crippen molar-refractivity contribution in [3.05, 3.63) is 71.8 Å². The van der Waals surface area contributed by atoms with E-state index < -0.39 is 23.5 Å². The average molecular weight is 453 g/mol. The van der Waals surface area contributed by atoms with Gasteiger partial charge in [0.15, 0.2) is 5.54 Å². The van der Waals surface area contributed by atoms with Gasteiger partial charge in [-0.15, -0.1) is 0 Å². The van der Waals surface area contributed by atoms with Crippen LogP contribution in [-0.2, 0) is 19.1 Å². The number of carboxylic acids is 1. The van der Waals surface area contributed by atoms with Crippen LogP contribution in [0.4, 0.5) is 4.79 Å². The highest BCUT2D eigenvalue weighted by Crippen LogP contribution is 2.44. The number of hydrogen-bond acceptors (Lipinski definition) is 5. The lowest BCUT2D eigenvalue weighted by atomic mass is 9.97. The van der Waals surface area contributed by atoms with Crippen LogP contribution >= 0.6 is 0 Å². The second-order valence-corrected chi connectivity index (χ2v) is 7.77. The van der Waals surface area contributed by atoms with Gasteiger partial charge in [0.05, 0.1) is 6.61 Å². The molecular formula is C25H28N2O6. The van der Waals surface area contributed by atoms with Crippen LogP contribution in [0.15, 0.2) is 60.7 Å². The number of carboxylic acid groups (broad SMARTS) is 1. The maximum Gasteiger partial charge on any atom is 0.407 e. The molecule has 174 valence electrons. The highest BCUT2D eigenvalue weighted by atomic mass is 16.5. The minimum Gasteiger partial charge on any atom is -0.479 e. The monoisotopic (exact) mass is 452 g/mol. The summed E-state index contributed by atoms with van der Waals surface area (Å²) in [6.07, 6.45) is 2.15. The third-order valence-corrected chi connectivity index (χ3v) is 5.74. The van der Waals surface area contributed by atoms with Crippen LogP contribution in [0.3, 0.4) is 0 Å². The van der Waals surface area contributed by atoms with Crippen molar-refractivity contribution in [2.45, 2.75) is 24.8 Å². The van der Waals surface area contributed by atoms with Gasteiger partial charge in [0, 0.05) is 25.6 Å². The van der Waals surface area contributed by atoms with Gasteiger partial charge in [-0.05, 0) is 28.7 Å². The van der Waals surface area contributed by atoms with Crippen molar-refractivity contribution in [3.8, 4) is 11.1 Å². The van der Waals surface area contributed by atoms with Crippen molar-refractivity contribution >= 4 is 18.0 Å². The molecule has 3 rings (SSSR count). The maximum atomic E-state index is 12.2. The first-order valence-electron chi connectivity index (χ1n) is 10.7. The molecule has 1 unspecified atom stereocenters.